The van der Waals surface area contributed by atoms with Gasteiger partial charge in [0.2, 0.25) is 11.8 Å². The summed E-state index contributed by atoms with van der Waals surface area (Å²) in [5.74, 6) is -1.61. The van der Waals surface area contributed by atoms with Crippen LogP contribution in [0.5, 0.6) is 0 Å². The molecule has 1 aromatic carbocycles. The molecule has 9 heteroatoms. The molecule has 7 nitrogen and oxygen atoms in total. The first-order valence-corrected chi connectivity index (χ1v) is 15.2. The number of para-hydroxylation sites is 1. The standard InChI is InChI=1S/C31H42ClN3O4S/c1-8-15-33(7)27(37)23-24-28(38)35(21(18-36)17-19(3)4)26(31(24)14-13-30(23,6)40-31)29(39)34(16-9-2)25-20(5)11-10-12-22(25)32/h8-12,19,21,23-24,26,36H,1-2,13-18H2,3-7H3/t21-,23-,24+,26?,30+,31?/m1/s1. The molecule has 6 atom stereocenters. The fourth-order valence-electron chi connectivity index (χ4n) is 7.29. The fraction of sp³-hybridized carbons (Fsp3) is 0.581. The van der Waals surface area contributed by atoms with Crippen molar-refractivity contribution in [2.45, 2.75) is 68.5 Å². The lowest BCUT2D eigenvalue weighted by molar-refractivity contribution is -0.146. The van der Waals surface area contributed by atoms with Crippen molar-refractivity contribution in [3.8, 4) is 0 Å². The van der Waals surface area contributed by atoms with Crippen LogP contribution in [0.4, 0.5) is 5.69 Å². The van der Waals surface area contributed by atoms with Crippen LogP contribution < -0.4 is 4.90 Å². The topological polar surface area (TPSA) is 81.2 Å². The average molecular weight is 588 g/mol. The molecule has 3 heterocycles. The molecule has 1 aromatic rings. The number of likely N-dealkylation sites (N-methyl/N-ethyl adjacent to an activating group) is 1. The summed E-state index contributed by atoms with van der Waals surface area (Å²) in [5, 5.41) is 11.0. The molecule has 1 N–H and O–H groups in total. The second-order valence-electron chi connectivity index (χ2n) is 12.1. The Labute approximate surface area is 247 Å². The molecule has 4 rings (SSSR count). The normalized spacial score (nSPS) is 29.4. The number of amides is 3. The van der Waals surface area contributed by atoms with E-state index in [0.717, 1.165) is 12.0 Å². The van der Waals surface area contributed by atoms with Gasteiger partial charge in [-0.25, -0.2) is 0 Å². The van der Waals surface area contributed by atoms with E-state index in [1.54, 1.807) is 51.7 Å². The lowest BCUT2D eigenvalue weighted by atomic mass is 9.66. The third-order valence-electron chi connectivity index (χ3n) is 8.88. The molecule has 3 aliphatic heterocycles. The molecule has 218 valence electrons. The Morgan fingerprint density at radius 1 is 1.23 bits per heavy atom. The zero-order valence-electron chi connectivity index (χ0n) is 24.2. The van der Waals surface area contributed by atoms with Gasteiger partial charge in [-0.05, 0) is 50.7 Å². The largest absolute Gasteiger partial charge is 0.394 e. The number of carbonyl (C=O) groups is 3. The van der Waals surface area contributed by atoms with Gasteiger partial charge in [0, 0.05) is 24.9 Å². The van der Waals surface area contributed by atoms with Gasteiger partial charge in [0.05, 0.1) is 39.9 Å². The van der Waals surface area contributed by atoms with E-state index in [1.807, 2.05) is 32.9 Å². The molecule has 3 saturated heterocycles. The number of fused-ring (bicyclic) bond motifs is 1. The third-order valence-corrected chi connectivity index (χ3v) is 11.2. The molecule has 2 bridgehead atoms. The summed E-state index contributed by atoms with van der Waals surface area (Å²) in [6, 6.07) is 4.09. The summed E-state index contributed by atoms with van der Waals surface area (Å²) >= 11 is 8.29. The summed E-state index contributed by atoms with van der Waals surface area (Å²) < 4.78 is -1.27. The van der Waals surface area contributed by atoms with Gasteiger partial charge in [0.15, 0.2) is 0 Å². The number of anilines is 1. The Bertz CT molecular complexity index is 1190. The number of halogens is 1. The number of benzene rings is 1. The van der Waals surface area contributed by atoms with E-state index in [2.05, 4.69) is 20.1 Å². The molecule has 3 aliphatic rings. The molecular weight excluding hydrogens is 546 g/mol. The number of hydrogen-bond acceptors (Lipinski definition) is 5. The molecule has 40 heavy (non-hydrogen) atoms. The van der Waals surface area contributed by atoms with Crippen LogP contribution in [0.2, 0.25) is 5.02 Å². The number of aryl methyl sites for hydroxylation is 1. The molecule has 3 fully saturated rings. The van der Waals surface area contributed by atoms with Gasteiger partial charge in [-0.2, -0.15) is 0 Å². The van der Waals surface area contributed by atoms with Crippen molar-refractivity contribution in [2.24, 2.45) is 17.8 Å². The van der Waals surface area contributed by atoms with Gasteiger partial charge in [-0.15, -0.1) is 24.9 Å². The minimum atomic E-state index is -0.856. The van der Waals surface area contributed by atoms with Crippen LogP contribution in [0.15, 0.2) is 43.5 Å². The Kier molecular flexibility index (Phi) is 8.84. The van der Waals surface area contributed by atoms with Crippen LogP contribution in [0.25, 0.3) is 0 Å². The highest BCUT2D eigenvalue weighted by Crippen LogP contribution is 2.72. The Balaban J connectivity index is 1.89. The third kappa shape index (κ3) is 4.80. The van der Waals surface area contributed by atoms with E-state index in [4.69, 9.17) is 11.6 Å². The first-order valence-electron chi connectivity index (χ1n) is 14.0. The number of likely N-dealkylation sites (tertiary alicyclic amines) is 1. The van der Waals surface area contributed by atoms with E-state index in [0.29, 0.717) is 30.1 Å². The molecule has 3 amide bonds. The molecule has 0 saturated carbocycles. The first-order chi connectivity index (χ1) is 18.9. The van der Waals surface area contributed by atoms with Crippen molar-refractivity contribution in [1.82, 2.24) is 9.80 Å². The Morgan fingerprint density at radius 2 is 1.90 bits per heavy atom. The molecular formula is C31H42ClN3O4S. The number of aliphatic hydroxyl groups is 1. The van der Waals surface area contributed by atoms with Crippen molar-refractivity contribution < 1.29 is 19.5 Å². The molecule has 0 aromatic heterocycles. The number of thioether (sulfide) groups is 1. The minimum Gasteiger partial charge on any atom is -0.394 e. The van der Waals surface area contributed by atoms with E-state index in [1.165, 1.54) is 0 Å². The Hall–Kier alpha value is -2.29. The lowest BCUT2D eigenvalue weighted by Gasteiger charge is -2.40. The van der Waals surface area contributed by atoms with Gasteiger partial charge < -0.3 is 19.8 Å². The molecule has 0 aliphatic carbocycles. The van der Waals surface area contributed by atoms with Gasteiger partial charge in [0.1, 0.15) is 6.04 Å². The predicted molar refractivity (Wildman–Crippen MR) is 162 cm³/mol. The number of carbonyl (C=O) groups excluding carboxylic acids is 3. The van der Waals surface area contributed by atoms with Gasteiger partial charge in [-0.1, -0.05) is 49.7 Å². The quantitative estimate of drug-likeness (QED) is 0.380. The van der Waals surface area contributed by atoms with Crippen molar-refractivity contribution in [3.63, 3.8) is 0 Å². The van der Waals surface area contributed by atoms with Crippen LogP contribution in [0, 0.1) is 24.7 Å². The van der Waals surface area contributed by atoms with E-state index in [-0.39, 0.29) is 36.8 Å². The molecule has 2 unspecified atom stereocenters. The summed E-state index contributed by atoms with van der Waals surface area (Å²) in [4.78, 5) is 48.2. The van der Waals surface area contributed by atoms with Crippen LogP contribution in [-0.2, 0) is 14.4 Å². The molecule has 1 spiro atoms. The predicted octanol–water partition coefficient (Wildman–Crippen LogP) is 4.70. The second-order valence-corrected chi connectivity index (χ2v) is 14.4. The van der Waals surface area contributed by atoms with E-state index in [9.17, 15) is 19.5 Å². The number of rotatable bonds is 11. The number of aliphatic hydroxyl groups excluding tert-OH is 1. The lowest BCUT2D eigenvalue weighted by Crippen LogP contribution is -2.58. The SMILES string of the molecule is C=CCN(C)C(=O)[C@H]1[C@H]2C(=O)N([C@@H](CO)CC(C)C)C(C(=O)N(CC=C)c3c(C)cccc3Cl)C23CC[C@]1(C)S3. The maximum Gasteiger partial charge on any atom is 0.251 e. The van der Waals surface area contributed by atoms with Gasteiger partial charge in [0.25, 0.3) is 5.91 Å². The van der Waals surface area contributed by atoms with E-state index < -0.39 is 33.4 Å². The highest BCUT2D eigenvalue weighted by atomic mass is 35.5. The summed E-state index contributed by atoms with van der Waals surface area (Å²) in [6.07, 6.45) is 5.23. The summed E-state index contributed by atoms with van der Waals surface area (Å²) in [7, 11) is 1.73. The van der Waals surface area contributed by atoms with Crippen LogP contribution >= 0.6 is 23.4 Å². The van der Waals surface area contributed by atoms with E-state index >= 15 is 0 Å². The maximum absolute atomic E-state index is 14.9. The molecule has 0 radical (unpaired) electrons. The second kappa shape index (κ2) is 11.5. The Morgan fingerprint density at radius 3 is 2.48 bits per heavy atom. The minimum absolute atomic E-state index is 0.0998. The number of nitrogens with zero attached hydrogens (tertiary/aromatic N) is 3. The van der Waals surface area contributed by atoms with Crippen LogP contribution in [0.3, 0.4) is 0 Å². The van der Waals surface area contributed by atoms with Crippen LogP contribution in [0.1, 0.15) is 45.6 Å². The zero-order chi connectivity index (χ0) is 29.6. The zero-order valence-corrected chi connectivity index (χ0v) is 25.8. The average Bonchev–Trinajstić information content (AvgIpc) is 3.46. The highest BCUT2D eigenvalue weighted by molar-refractivity contribution is 8.02. The van der Waals surface area contributed by atoms with Gasteiger partial charge in [-0.3, -0.25) is 14.4 Å². The maximum atomic E-state index is 14.9. The summed E-state index contributed by atoms with van der Waals surface area (Å²) in [6.45, 7) is 16.0. The van der Waals surface area contributed by atoms with Crippen molar-refractivity contribution in [3.05, 3.63) is 54.1 Å². The first kappa shape index (κ1) is 30.7. The van der Waals surface area contributed by atoms with Crippen molar-refractivity contribution in [2.75, 3.05) is 31.6 Å². The van der Waals surface area contributed by atoms with Crippen LogP contribution in [-0.4, -0.2) is 80.9 Å². The monoisotopic (exact) mass is 587 g/mol. The summed E-state index contributed by atoms with van der Waals surface area (Å²) in [5.41, 5.74) is 1.43. The smallest absolute Gasteiger partial charge is 0.251 e. The van der Waals surface area contributed by atoms with Crippen molar-refractivity contribution in [1.29, 1.82) is 0 Å². The van der Waals surface area contributed by atoms with Crippen molar-refractivity contribution >= 4 is 46.8 Å². The van der Waals surface area contributed by atoms with Gasteiger partial charge >= 0.3 is 0 Å². The fourth-order valence-corrected chi connectivity index (χ4v) is 9.94. The number of hydrogen-bond donors (Lipinski definition) is 1. The highest BCUT2D eigenvalue weighted by Gasteiger charge is 2.78.